The van der Waals surface area contributed by atoms with E-state index in [0.717, 1.165) is 18.2 Å². The van der Waals surface area contributed by atoms with Crippen LogP contribution in [0.2, 0.25) is 0 Å². The van der Waals surface area contributed by atoms with Crippen LogP contribution < -0.4 is 0 Å². The third-order valence-electron chi connectivity index (χ3n) is 2.35. The number of halogens is 1. The number of nitrogens with zero attached hydrogens (tertiary/aromatic N) is 1. The number of nitro benzene ring substituents is 1. The van der Waals surface area contributed by atoms with E-state index in [1.54, 1.807) is 0 Å². The quantitative estimate of drug-likeness (QED) is 0.493. The summed E-state index contributed by atoms with van der Waals surface area (Å²) >= 11 is 0. The minimum absolute atomic E-state index is 0.415. The van der Waals surface area contributed by atoms with E-state index in [1.165, 1.54) is 6.92 Å². The van der Waals surface area contributed by atoms with Crippen molar-refractivity contribution in [2.75, 3.05) is 0 Å². The Morgan fingerprint density at radius 1 is 1.50 bits per heavy atom. The maximum Gasteiger partial charge on any atom is 0.304 e. The summed E-state index contributed by atoms with van der Waals surface area (Å²) in [4.78, 5) is 32.0. The Morgan fingerprint density at radius 2 is 2.11 bits per heavy atom. The molecule has 0 aliphatic heterocycles. The standard InChI is InChI=1S/C11H10FNO5/c1-6(4-10(14)15)11(16)8-5-7(13(17)18)2-3-9(8)12/h2-3,5-6H,4H2,1H3,(H,14,15). The van der Waals surface area contributed by atoms with Gasteiger partial charge in [0.1, 0.15) is 5.82 Å². The molecule has 1 aromatic carbocycles. The lowest BCUT2D eigenvalue weighted by atomic mass is 9.96. The normalized spacial score (nSPS) is 11.9. The predicted molar refractivity (Wildman–Crippen MR) is 58.8 cm³/mol. The van der Waals surface area contributed by atoms with Gasteiger partial charge >= 0.3 is 5.97 Å². The van der Waals surface area contributed by atoms with Crippen molar-refractivity contribution in [2.24, 2.45) is 5.92 Å². The highest BCUT2D eigenvalue weighted by Crippen LogP contribution is 2.20. The second-order valence-electron chi connectivity index (χ2n) is 3.78. The molecule has 6 nitrogen and oxygen atoms in total. The average Bonchev–Trinajstić information content (AvgIpc) is 2.27. The topological polar surface area (TPSA) is 97.5 Å². The molecule has 0 spiro atoms. The molecular formula is C11H10FNO5. The van der Waals surface area contributed by atoms with Gasteiger partial charge < -0.3 is 5.11 Å². The SMILES string of the molecule is CC(CC(=O)O)C(=O)c1cc([N+](=O)[O-])ccc1F. The fourth-order valence-electron chi connectivity index (χ4n) is 1.44. The second-order valence-corrected chi connectivity index (χ2v) is 3.78. The van der Waals surface area contributed by atoms with Gasteiger partial charge in [-0.15, -0.1) is 0 Å². The first kappa shape index (κ1) is 13.8. The van der Waals surface area contributed by atoms with Gasteiger partial charge in [-0.25, -0.2) is 4.39 Å². The molecule has 0 amide bonds. The van der Waals surface area contributed by atoms with Crippen LogP contribution >= 0.6 is 0 Å². The Kier molecular flexibility index (Phi) is 4.09. The van der Waals surface area contributed by atoms with Crippen molar-refractivity contribution in [1.29, 1.82) is 0 Å². The Labute approximate surface area is 101 Å². The molecule has 0 aliphatic carbocycles. The summed E-state index contributed by atoms with van der Waals surface area (Å²) in [5, 5.41) is 19.0. The first-order valence-electron chi connectivity index (χ1n) is 5.03. The van der Waals surface area contributed by atoms with Crippen LogP contribution in [-0.2, 0) is 4.79 Å². The molecule has 1 unspecified atom stereocenters. The monoisotopic (exact) mass is 255 g/mol. The van der Waals surface area contributed by atoms with E-state index in [4.69, 9.17) is 5.11 Å². The van der Waals surface area contributed by atoms with Crippen molar-refractivity contribution in [1.82, 2.24) is 0 Å². The lowest BCUT2D eigenvalue weighted by Crippen LogP contribution is -2.17. The van der Waals surface area contributed by atoms with Crippen molar-refractivity contribution in [3.05, 3.63) is 39.7 Å². The van der Waals surface area contributed by atoms with E-state index >= 15 is 0 Å². The molecule has 1 atom stereocenters. The lowest BCUT2D eigenvalue weighted by molar-refractivity contribution is -0.384. The highest BCUT2D eigenvalue weighted by molar-refractivity contribution is 5.99. The summed E-state index contributed by atoms with van der Waals surface area (Å²) < 4.78 is 13.4. The van der Waals surface area contributed by atoms with Crippen molar-refractivity contribution in [2.45, 2.75) is 13.3 Å². The number of Topliss-reactive ketones (excluding diaryl/α,β-unsaturated/α-hetero) is 1. The fraction of sp³-hybridized carbons (Fsp3) is 0.273. The van der Waals surface area contributed by atoms with Crippen LogP contribution in [0, 0.1) is 21.8 Å². The van der Waals surface area contributed by atoms with Crippen LogP contribution in [0.1, 0.15) is 23.7 Å². The number of aliphatic carboxylic acids is 1. The van der Waals surface area contributed by atoms with Gasteiger partial charge in [0.25, 0.3) is 5.69 Å². The molecule has 1 rings (SSSR count). The Morgan fingerprint density at radius 3 is 2.61 bits per heavy atom. The summed E-state index contributed by atoms with van der Waals surface area (Å²) in [6.07, 6.45) is -0.457. The van der Waals surface area contributed by atoms with E-state index in [-0.39, 0.29) is 0 Å². The van der Waals surface area contributed by atoms with Gasteiger partial charge in [-0.2, -0.15) is 0 Å². The zero-order valence-corrected chi connectivity index (χ0v) is 9.42. The van der Waals surface area contributed by atoms with Gasteiger partial charge in [-0.3, -0.25) is 19.7 Å². The third kappa shape index (κ3) is 3.09. The summed E-state index contributed by atoms with van der Waals surface area (Å²) in [6.45, 7) is 1.33. The second kappa shape index (κ2) is 5.35. The summed E-state index contributed by atoms with van der Waals surface area (Å²) in [5.74, 6) is -3.80. The molecular weight excluding hydrogens is 245 g/mol. The molecule has 0 fully saturated rings. The van der Waals surface area contributed by atoms with Gasteiger partial charge in [-0.05, 0) is 6.07 Å². The summed E-state index contributed by atoms with van der Waals surface area (Å²) in [7, 11) is 0. The Balaban J connectivity index is 3.08. The number of carboxylic acid groups (broad SMARTS) is 1. The minimum Gasteiger partial charge on any atom is -0.481 e. The van der Waals surface area contributed by atoms with Crippen molar-refractivity contribution in [3.8, 4) is 0 Å². The van der Waals surface area contributed by atoms with E-state index in [1.807, 2.05) is 0 Å². The van der Waals surface area contributed by atoms with E-state index < -0.39 is 46.1 Å². The molecule has 0 aromatic heterocycles. The van der Waals surface area contributed by atoms with Crippen LogP contribution in [0.3, 0.4) is 0 Å². The Hall–Kier alpha value is -2.31. The summed E-state index contributed by atoms with van der Waals surface area (Å²) in [6, 6.07) is 2.57. The number of nitro groups is 1. The molecule has 1 aromatic rings. The van der Waals surface area contributed by atoms with Crippen LogP contribution in [0.15, 0.2) is 18.2 Å². The average molecular weight is 255 g/mol. The first-order chi connectivity index (χ1) is 8.32. The van der Waals surface area contributed by atoms with Gasteiger partial charge in [0.2, 0.25) is 0 Å². The van der Waals surface area contributed by atoms with E-state index in [2.05, 4.69) is 0 Å². The molecule has 0 saturated carbocycles. The number of hydrogen-bond donors (Lipinski definition) is 1. The van der Waals surface area contributed by atoms with Gasteiger partial charge in [0.05, 0.1) is 16.9 Å². The number of rotatable bonds is 5. The maximum absolute atomic E-state index is 13.4. The van der Waals surface area contributed by atoms with Gasteiger partial charge in [0, 0.05) is 18.1 Å². The van der Waals surface area contributed by atoms with Crippen LogP contribution in [0.4, 0.5) is 10.1 Å². The molecule has 18 heavy (non-hydrogen) atoms. The minimum atomic E-state index is -1.19. The predicted octanol–water partition coefficient (Wildman–Crippen LogP) is 2.03. The number of benzene rings is 1. The molecule has 0 saturated heterocycles. The zero-order valence-electron chi connectivity index (χ0n) is 9.42. The number of hydrogen-bond acceptors (Lipinski definition) is 4. The molecule has 0 radical (unpaired) electrons. The van der Waals surface area contributed by atoms with E-state index in [0.29, 0.717) is 0 Å². The van der Waals surface area contributed by atoms with Crippen LogP contribution in [-0.4, -0.2) is 21.8 Å². The molecule has 0 heterocycles. The van der Waals surface area contributed by atoms with Gasteiger partial charge in [0.15, 0.2) is 5.78 Å². The van der Waals surface area contributed by atoms with Crippen molar-refractivity contribution >= 4 is 17.4 Å². The smallest absolute Gasteiger partial charge is 0.304 e. The Bertz CT molecular complexity index is 514. The number of carboxylic acids is 1. The van der Waals surface area contributed by atoms with Crippen molar-refractivity contribution in [3.63, 3.8) is 0 Å². The number of carbonyl (C=O) groups excluding carboxylic acids is 1. The first-order valence-corrected chi connectivity index (χ1v) is 5.03. The zero-order chi connectivity index (χ0) is 13.9. The van der Waals surface area contributed by atoms with Crippen molar-refractivity contribution < 1.29 is 24.0 Å². The highest BCUT2D eigenvalue weighted by atomic mass is 19.1. The number of non-ortho nitro benzene ring substituents is 1. The maximum atomic E-state index is 13.4. The molecule has 0 bridgehead atoms. The molecule has 96 valence electrons. The van der Waals surface area contributed by atoms with Crippen LogP contribution in [0.5, 0.6) is 0 Å². The largest absolute Gasteiger partial charge is 0.481 e. The molecule has 1 N–H and O–H groups in total. The molecule has 0 aliphatic rings. The number of ketones is 1. The van der Waals surface area contributed by atoms with E-state index in [9.17, 15) is 24.1 Å². The lowest BCUT2D eigenvalue weighted by Gasteiger charge is -2.08. The molecule has 7 heteroatoms. The highest BCUT2D eigenvalue weighted by Gasteiger charge is 2.23. The third-order valence-corrected chi connectivity index (χ3v) is 2.35. The fourth-order valence-corrected chi connectivity index (χ4v) is 1.44. The van der Waals surface area contributed by atoms with Gasteiger partial charge in [-0.1, -0.05) is 6.92 Å². The summed E-state index contributed by atoms with van der Waals surface area (Å²) in [5.41, 5.74) is -0.875. The number of carbonyl (C=O) groups is 2. The van der Waals surface area contributed by atoms with Crippen LogP contribution in [0.25, 0.3) is 0 Å².